The molecule has 0 aliphatic heterocycles. The van der Waals surface area contributed by atoms with Crippen molar-refractivity contribution >= 4 is 0 Å². The van der Waals surface area contributed by atoms with Crippen LogP contribution >= 0.6 is 0 Å². The molecule has 0 saturated heterocycles. The van der Waals surface area contributed by atoms with Gasteiger partial charge in [0.2, 0.25) is 5.88 Å². The van der Waals surface area contributed by atoms with Crippen LogP contribution in [0.15, 0.2) is 36.5 Å². The Kier molecular flexibility index (Phi) is 3.40. The molecule has 1 N–H and O–H groups in total. The molecule has 1 aromatic heterocycles. The summed E-state index contributed by atoms with van der Waals surface area (Å²) in [6, 6.07) is 9.78. The molecule has 1 heterocycles. The fourth-order valence-corrected chi connectivity index (χ4v) is 1.87. The lowest BCUT2D eigenvalue weighted by atomic mass is 9.99. The van der Waals surface area contributed by atoms with Gasteiger partial charge in [-0.2, -0.15) is 0 Å². The first-order valence-corrected chi connectivity index (χ1v) is 5.46. The third kappa shape index (κ3) is 2.29. The van der Waals surface area contributed by atoms with Crippen LogP contribution in [0.2, 0.25) is 0 Å². The summed E-state index contributed by atoms with van der Waals surface area (Å²) < 4.78 is 5.24. The van der Waals surface area contributed by atoms with Crippen LogP contribution < -0.4 is 4.74 Å². The van der Waals surface area contributed by atoms with E-state index in [4.69, 9.17) is 4.74 Å². The summed E-state index contributed by atoms with van der Waals surface area (Å²) in [6.07, 6.45) is 1.69. The van der Waals surface area contributed by atoms with E-state index in [1.807, 2.05) is 37.3 Å². The first kappa shape index (κ1) is 11.6. The lowest BCUT2D eigenvalue weighted by Gasteiger charge is -2.11. The van der Waals surface area contributed by atoms with Crippen LogP contribution in [0.3, 0.4) is 0 Å². The van der Waals surface area contributed by atoms with E-state index in [1.54, 1.807) is 13.3 Å². The average Bonchev–Trinajstić information content (AvgIpc) is 2.38. The molecule has 0 atom stereocenters. The quantitative estimate of drug-likeness (QED) is 0.879. The van der Waals surface area contributed by atoms with Crippen molar-refractivity contribution in [3.63, 3.8) is 0 Å². The zero-order valence-corrected chi connectivity index (χ0v) is 9.97. The van der Waals surface area contributed by atoms with Crippen molar-refractivity contribution < 1.29 is 9.84 Å². The highest BCUT2D eigenvalue weighted by atomic mass is 16.5. The molecule has 88 valence electrons. The number of aryl methyl sites for hydroxylation is 1. The van der Waals surface area contributed by atoms with Crippen LogP contribution in [0.4, 0.5) is 0 Å². The molecule has 0 radical (unpaired) electrons. The molecule has 2 aromatic rings. The van der Waals surface area contributed by atoms with Gasteiger partial charge in [-0.05, 0) is 30.2 Å². The van der Waals surface area contributed by atoms with Crippen LogP contribution in [0.5, 0.6) is 5.88 Å². The van der Waals surface area contributed by atoms with Gasteiger partial charge in [-0.1, -0.05) is 23.8 Å². The van der Waals surface area contributed by atoms with E-state index in [0.29, 0.717) is 5.88 Å². The first-order chi connectivity index (χ1) is 8.26. The zero-order chi connectivity index (χ0) is 12.3. The molecule has 0 aliphatic carbocycles. The Morgan fingerprint density at radius 1 is 1.24 bits per heavy atom. The van der Waals surface area contributed by atoms with Crippen LogP contribution in [-0.2, 0) is 6.61 Å². The topological polar surface area (TPSA) is 42.4 Å². The highest BCUT2D eigenvalue weighted by molar-refractivity contribution is 5.72. The summed E-state index contributed by atoms with van der Waals surface area (Å²) in [5.41, 5.74) is 3.87. The molecular formula is C14H15NO2. The van der Waals surface area contributed by atoms with Gasteiger partial charge in [0.1, 0.15) is 0 Å². The second-order valence-electron chi connectivity index (χ2n) is 3.88. The van der Waals surface area contributed by atoms with Crippen LogP contribution in [-0.4, -0.2) is 17.2 Å². The molecule has 3 heteroatoms. The summed E-state index contributed by atoms with van der Waals surface area (Å²) in [5, 5.41) is 9.41. The number of aromatic nitrogens is 1. The molecule has 2 rings (SSSR count). The maximum atomic E-state index is 9.41. The normalized spacial score (nSPS) is 10.3. The number of methoxy groups -OCH3 is 1. The number of nitrogens with zero attached hydrogens (tertiary/aromatic N) is 1. The van der Waals surface area contributed by atoms with E-state index in [2.05, 4.69) is 4.98 Å². The number of aliphatic hydroxyl groups excluding tert-OH is 1. The van der Waals surface area contributed by atoms with E-state index in [1.165, 1.54) is 0 Å². The molecule has 3 nitrogen and oxygen atoms in total. The largest absolute Gasteiger partial charge is 0.481 e. The van der Waals surface area contributed by atoms with Gasteiger partial charge >= 0.3 is 0 Å². The highest BCUT2D eigenvalue weighted by Gasteiger charge is 2.10. The van der Waals surface area contributed by atoms with Crippen molar-refractivity contribution in [2.45, 2.75) is 13.5 Å². The van der Waals surface area contributed by atoms with Gasteiger partial charge in [-0.15, -0.1) is 0 Å². The molecule has 0 unspecified atom stereocenters. The fourth-order valence-electron chi connectivity index (χ4n) is 1.87. The van der Waals surface area contributed by atoms with E-state index < -0.39 is 0 Å². The van der Waals surface area contributed by atoms with E-state index >= 15 is 0 Å². The molecule has 17 heavy (non-hydrogen) atoms. The lowest BCUT2D eigenvalue weighted by molar-refractivity contribution is 0.282. The predicted octanol–water partition coefficient (Wildman–Crippen LogP) is 2.56. The number of rotatable bonds is 3. The Hall–Kier alpha value is -1.87. The minimum absolute atomic E-state index is 0.00899. The number of pyridine rings is 1. The molecule has 1 aromatic carbocycles. The number of aliphatic hydroxyl groups is 1. The van der Waals surface area contributed by atoms with Crippen molar-refractivity contribution in [1.82, 2.24) is 4.98 Å². The van der Waals surface area contributed by atoms with Crippen LogP contribution in [0.25, 0.3) is 11.1 Å². The minimum atomic E-state index is 0.00899. The minimum Gasteiger partial charge on any atom is -0.481 e. The number of ether oxygens (including phenoxy) is 1. The summed E-state index contributed by atoms with van der Waals surface area (Å²) in [5.74, 6) is 0.575. The molecule has 0 spiro atoms. The van der Waals surface area contributed by atoms with Crippen molar-refractivity contribution in [1.29, 1.82) is 0 Å². The second kappa shape index (κ2) is 4.97. The third-order valence-corrected chi connectivity index (χ3v) is 2.69. The highest BCUT2D eigenvalue weighted by Crippen LogP contribution is 2.30. The Labute approximate surface area is 101 Å². The summed E-state index contributed by atoms with van der Waals surface area (Å²) in [4.78, 5) is 4.17. The van der Waals surface area contributed by atoms with Crippen molar-refractivity contribution in [3.8, 4) is 17.0 Å². The van der Waals surface area contributed by atoms with Gasteiger partial charge in [-0.3, -0.25) is 0 Å². The molecule has 0 amide bonds. The zero-order valence-electron chi connectivity index (χ0n) is 9.97. The Morgan fingerprint density at radius 2 is 2.06 bits per heavy atom. The van der Waals surface area contributed by atoms with Gasteiger partial charge in [0.15, 0.2) is 0 Å². The Balaban J connectivity index is 2.59. The van der Waals surface area contributed by atoms with Gasteiger partial charge in [0.25, 0.3) is 0 Å². The van der Waals surface area contributed by atoms with Gasteiger partial charge < -0.3 is 9.84 Å². The van der Waals surface area contributed by atoms with Crippen molar-refractivity contribution in [2.75, 3.05) is 7.11 Å². The Morgan fingerprint density at radius 3 is 2.76 bits per heavy atom. The number of hydrogen-bond donors (Lipinski definition) is 1. The molecule has 0 saturated carbocycles. The molecular weight excluding hydrogens is 214 g/mol. The fraction of sp³-hybridized carbons (Fsp3) is 0.214. The van der Waals surface area contributed by atoms with Crippen molar-refractivity contribution in [2.24, 2.45) is 0 Å². The SMILES string of the molecule is COc1ncccc1-c1ccc(C)cc1CO. The number of hydrogen-bond acceptors (Lipinski definition) is 3. The van der Waals surface area contributed by atoms with Crippen LogP contribution in [0.1, 0.15) is 11.1 Å². The third-order valence-electron chi connectivity index (χ3n) is 2.69. The lowest BCUT2D eigenvalue weighted by Crippen LogP contribution is -1.95. The van der Waals surface area contributed by atoms with Crippen LogP contribution in [0, 0.1) is 6.92 Å². The first-order valence-electron chi connectivity index (χ1n) is 5.46. The van der Waals surface area contributed by atoms with E-state index in [9.17, 15) is 5.11 Å². The smallest absolute Gasteiger partial charge is 0.221 e. The monoisotopic (exact) mass is 229 g/mol. The second-order valence-corrected chi connectivity index (χ2v) is 3.88. The Bertz CT molecular complexity index is 523. The van der Waals surface area contributed by atoms with Gasteiger partial charge in [-0.25, -0.2) is 4.98 Å². The molecule has 0 fully saturated rings. The summed E-state index contributed by atoms with van der Waals surface area (Å²) >= 11 is 0. The number of benzene rings is 1. The van der Waals surface area contributed by atoms with E-state index in [0.717, 1.165) is 22.3 Å². The average molecular weight is 229 g/mol. The predicted molar refractivity (Wildman–Crippen MR) is 66.9 cm³/mol. The maximum Gasteiger partial charge on any atom is 0.221 e. The van der Waals surface area contributed by atoms with E-state index in [-0.39, 0.29) is 6.61 Å². The van der Waals surface area contributed by atoms with Gasteiger partial charge in [0, 0.05) is 11.8 Å². The standard InChI is InChI=1S/C14H15NO2/c1-10-5-6-12(11(8-10)9-16)13-4-3-7-15-14(13)17-2/h3-8,16H,9H2,1-2H3. The summed E-state index contributed by atoms with van der Waals surface area (Å²) in [6.45, 7) is 2.01. The van der Waals surface area contributed by atoms with Crippen molar-refractivity contribution in [3.05, 3.63) is 47.7 Å². The maximum absolute atomic E-state index is 9.41. The molecule has 0 bridgehead atoms. The van der Waals surface area contributed by atoms with Gasteiger partial charge in [0.05, 0.1) is 13.7 Å². The molecule has 0 aliphatic rings. The summed E-state index contributed by atoms with van der Waals surface area (Å²) in [7, 11) is 1.60.